The minimum absolute atomic E-state index is 0.0415. The van der Waals surface area contributed by atoms with E-state index in [4.69, 9.17) is 4.74 Å². The Balaban J connectivity index is 2.61. The molecule has 0 aromatic carbocycles. The van der Waals surface area contributed by atoms with Crippen molar-refractivity contribution in [3.05, 3.63) is 0 Å². The van der Waals surface area contributed by atoms with Gasteiger partial charge in [-0.25, -0.2) is 0 Å². The largest absolute Gasteiger partial charge is 0.469 e. The van der Waals surface area contributed by atoms with Gasteiger partial charge in [0.2, 0.25) is 0 Å². The molecule has 1 fully saturated rings. The zero-order valence-corrected chi connectivity index (χ0v) is 8.67. The van der Waals surface area contributed by atoms with Gasteiger partial charge in [-0.2, -0.15) is 0 Å². The van der Waals surface area contributed by atoms with Gasteiger partial charge in [-0.3, -0.25) is 4.79 Å². The molecule has 13 heavy (non-hydrogen) atoms. The second-order valence-electron chi connectivity index (χ2n) is 4.03. The lowest BCUT2D eigenvalue weighted by atomic mass is 9.79. The third-order valence-corrected chi connectivity index (χ3v) is 2.89. The SMILES string of the molecule is COC(=O)[C@H]1CCNC[C@H]1C(C)C. The summed E-state index contributed by atoms with van der Waals surface area (Å²) >= 11 is 0. The minimum atomic E-state index is -0.0415. The van der Waals surface area contributed by atoms with Crippen LogP contribution in [0.15, 0.2) is 0 Å². The molecule has 0 amide bonds. The molecule has 76 valence electrons. The highest BCUT2D eigenvalue weighted by molar-refractivity contribution is 5.72. The molecule has 0 bridgehead atoms. The van der Waals surface area contributed by atoms with Crippen LogP contribution in [0.5, 0.6) is 0 Å². The maximum atomic E-state index is 11.4. The summed E-state index contributed by atoms with van der Waals surface area (Å²) in [7, 11) is 1.47. The van der Waals surface area contributed by atoms with Gasteiger partial charge in [-0.15, -0.1) is 0 Å². The predicted molar refractivity (Wildman–Crippen MR) is 51.3 cm³/mol. The number of carbonyl (C=O) groups excluding carboxylic acids is 1. The molecule has 1 N–H and O–H groups in total. The first-order valence-corrected chi connectivity index (χ1v) is 4.95. The monoisotopic (exact) mass is 185 g/mol. The number of piperidine rings is 1. The minimum Gasteiger partial charge on any atom is -0.469 e. The molecule has 0 saturated carbocycles. The van der Waals surface area contributed by atoms with E-state index in [-0.39, 0.29) is 11.9 Å². The third-order valence-electron chi connectivity index (χ3n) is 2.89. The number of ether oxygens (including phenoxy) is 1. The van der Waals surface area contributed by atoms with E-state index in [2.05, 4.69) is 19.2 Å². The number of carbonyl (C=O) groups is 1. The number of esters is 1. The summed E-state index contributed by atoms with van der Waals surface area (Å²) in [5.41, 5.74) is 0. The number of nitrogens with one attached hydrogen (secondary N) is 1. The number of hydrogen-bond acceptors (Lipinski definition) is 3. The summed E-state index contributed by atoms with van der Waals surface area (Å²) < 4.78 is 4.80. The van der Waals surface area contributed by atoms with Crippen LogP contribution in [0.25, 0.3) is 0 Å². The highest BCUT2D eigenvalue weighted by Crippen LogP contribution is 2.26. The Labute approximate surface area is 79.8 Å². The van der Waals surface area contributed by atoms with E-state index in [0.29, 0.717) is 11.8 Å². The molecule has 1 heterocycles. The highest BCUT2D eigenvalue weighted by Gasteiger charge is 2.33. The molecule has 0 unspecified atom stereocenters. The van der Waals surface area contributed by atoms with Crippen LogP contribution in [0.3, 0.4) is 0 Å². The quantitative estimate of drug-likeness (QED) is 0.653. The molecule has 1 saturated heterocycles. The summed E-state index contributed by atoms with van der Waals surface area (Å²) in [6.45, 7) is 6.20. The molecular weight excluding hydrogens is 166 g/mol. The van der Waals surface area contributed by atoms with Crippen LogP contribution in [0.2, 0.25) is 0 Å². The summed E-state index contributed by atoms with van der Waals surface area (Å²) in [5.74, 6) is 1.03. The Bertz CT molecular complexity index is 180. The summed E-state index contributed by atoms with van der Waals surface area (Å²) in [5, 5.41) is 3.32. The van der Waals surface area contributed by atoms with Crippen LogP contribution in [-0.4, -0.2) is 26.2 Å². The molecule has 1 rings (SSSR count). The first-order chi connectivity index (χ1) is 6.16. The lowest BCUT2D eigenvalue weighted by Crippen LogP contribution is -2.42. The lowest BCUT2D eigenvalue weighted by Gasteiger charge is -2.32. The van der Waals surface area contributed by atoms with Gasteiger partial charge in [0, 0.05) is 0 Å². The molecule has 0 aromatic heterocycles. The second-order valence-corrected chi connectivity index (χ2v) is 4.03. The van der Waals surface area contributed by atoms with Gasteiger partial charge in [-0.1, -0.05) is 13.8 Å². The first kappa shape index (κ1) is 10.5. The van der Waals surface area contributed by atoms with Crippen molar-refractivity contribution in [3.8, 4) is 0 Å². The van der Waals surface area contributed by atoms with Crippen molar-refractivity contribution < 1.29 is 9.53 Å². The van der Waals surface area contributed by atoms with E-state index in [9.17, 15) is 4.79 Å². The first-order valence-electron chi connectivity index (χ1n) is 4.95. The molecule has 1 aliphatic rings. The molecule has 0 spiro atoms. The van der Waals surface area contributed by atoms with Crippen molar-refractivity contribution in [1.82, 2.24) is 5.32 Å². The molecule has 2 atom stereocenters. The third kappa shape index (κ3) is 2.44. The number of methoxy groups -OCH3 is 1. The summed E-state index contributed by atoms with van der Waals surface area (Å²) in [4.78, 5) is 11.4. The summed E-state index contributed by atoms with van der Waals surface area (Å²) in [6.07, 6.45) is 0.912. The van der Waals surface area contributed by atoms with E-state index >= 15 is 0 Å². The standard InChI is InChI=1S/C10H19NO2/c1-7(2)9-6-11-5-4-8(9)10(12)13-3/h7-9,11H,4-6H2,1-3H3/t8-,9-/m0/s1. The topological polar surface area (TPSA) is 38.3 Å². The van der Waals surface area contributed by atoms with Gasteiger partial charge >= 0.3 is 5.97 Å². The van der Waals surface area contributed by atoms with E-state index in [1.165, 1.54) is 7.11 Å². The molecule has 0 aromatic rings. The van der Waals surface area contributed by atoms with Crippen LogP contribution in [0.1, 0.15) is 20.3 Å². The summed E-state index contributed by atoms with van der Waals surface area (Å²) in [6, 6.07) is 0. The fourth-order valence-corrected chi connectivity index (χ4v) is 2.03. The predicted octanol–water partition coefficient (Wildman–Crippen LogP) is 1.04. The fraction of sp³-hybridized carbons (Fsp3) is 0.900. The van der Waals surface area contributed by atoms with Crippen LogP contribution in [0.4, 0.5) is 0 Å². The van der Waals surface area contributed by atoms with Gasteiger partial charge in [0.1, 0.15) is 0 Å². The molecule has 3 heteroatoms. The van der Waals surface area contributed by atoms with Gasteiger partial charge in [0.05, 0.1) is 13.0 Å². The van der Waals surface area contributed by atoms with Crippen molar-refractivity contribution >= 4 is 5.97 Å². The highest BCUT2D eigenvalue weighted by atomic mass is 16.5. The van der Waals surface area contributed by atoms with E-state index in [1.807, 2.05) is 0 Å². The van der Waals surface area contributed by atoms with Crippen molar-refractivity contribution in [3.63, 3.8) is 0 Å². The Morgan fingerprint density at radius 2 is 2.23 bits per heavy atom. The zero-order chi connectivity index (χ0) is 9.84. The van der Waals surface area contributed by atoms with E-state index < -0.39 is 0 Å². The Morgan fingerprint density at radius 1 is 1.54 bits per heavy atom. The van der Waals surface area contributed by atoms with Crippen LogP contribution >= 0.6 is 0 Å². The molecule has 1 aliphatic heterocycles. The Kier molecular flexibility index (Phi) is 3.72. The van der Waals surface area contributed by atoms with Gasteiger partial charge in [0.15, 0.2) is 0 Å². The van der Waals surface area contributed by atoms with E-state index in [1.54, 1.807) is 0 Å². The Hall–Kier alpha value is -0.570. The smallest absolute Gasteiger partial charge is 0.309 e. The van der Waals surface area contributed by atoms with Crippen molar-refractivity contribution in [1.29, 1.82) is 0 Å². The van der Waals surface area contributed by atoms with Crippen LogP contribution < -0.4 is 5.32 Å². The van der Waals surface area contributed by atoms with Crippen molar-refractivity contribution in [2.45, 2.75) is 20.3 Å². The molecular formula is C10H19NO2. The second kappa shape index (κ2) is 4.61. The van der Waals surface area contributed by atoms with E-state index in [0.717, 1.165) is 19.5 Å². The Morgan fingerprint density at radius 3 is 2.77 bits per heavy atom. The van der Waals surface area contributed by atoms with Crippen molar-refractivity contribution in [2.24, 2.45) is 17.8 Å². The average molecular weight is 185 g/mol. The average Bonchev–Trinajstić information content (AvgIpc) is 2.16. The van der Waals surface area contributed by atoms with Gasteiger partial charge in [-0.05, 0) is 31.3 Å². The molecule has 0 aliphatic carbocycles. The zero-order valence-electron chi connectivity index (χ0n) is 8.67. The number of rotatable bonds is 2. The lowest BCUT2D eigenvalue weighted by molar-refractivity contribution is -0.149. The normalized spacial score (nSPS) is 28.9. The maximum absolute atomic E-state index is 11.4. The maximum Gasteiger partial charge on any atom is 0.309 e. The molecule has 3 nitrogen and oxygen atoms in total. The fourth-order valence-electron chi connectivity index (χ4n) is 2.03. The van der Waals surface area contributed by atoms with Crippen LogP contribution in [-0.2, 0) is 9.53 Å². The van der Waals surface area contributed by atoms with Gasteiger partial charge < -0.3 is 10.1 Å². The van der Waals surface area contributed by atoms with Gasteiger partial charge in [0.25, 0.3) is 0 Å². The van der Waals surface area contributed by atoms with Crippen LogP contribution in [0, 0.1) is 17.8 Å². The number of hydrogen-bond donors (Lipinski definition) is 1. The van der Waals surface area contributed by atoms with Crippen molar-refractivity contribution in [2.75, 3.05) is 20.2 Å². The molecule has 0 radical (unpaired) electrons.